The molecular weight excluding hydrogens is 442 g/mol. The highest BCUT2D eigenvalue weighted by molar-refractivity contribution is 8.18. The summed E-state index contributed by atoms with van der Waals surface area (Å²) in [6, 6.07) is 7.96. The Kier molecular flexibility index (Phi) is 6.39. The van der Waals surface area contributed by atoms with Gasteiger partial charge in [-0.05, 0) is 74.5 Å². The Morgan fingerprint density at radius 3 is 2.42 bits per heavy atom. The highest BCUT2D eigenvalue weighted by Crippen LogP contribution is 2.33. The summed E-state index contributed by atoms with van der Waals surface area (Å²) in [6.45, 7) is 5.09. The van der Waals surface area contributed by atoms with Gasteiger partial charge in [-0.15, -0.1) is 0 Å². The number of carbonyl (C=O) groups is 3. The van der Waals surface area contributed by atoms with Crippen LogP contribution in [0.5, 0.6) is 0 Å². The third kappa shape index (κ3) is 4.73. The van der Waals surface area contributed by atoms with Crippen molar-refractivity contribution in [2.24, 2.45) is 5.14 Å². The zero-order chi connectivity index (χ0) is 22.9. The molecule has 3 rings (SSSR count). The van der Waals surface area contributed by atoms with E-state index in [1.54, 1.807) is 25.1 Å². The first-order valence-corrected chi connectivity index (χ1v) is 11.6. The Morgan fingerprint density at radius 1 is 1.19 bits per heavy atom. The lowest BCUT2D eigenvalue weighted by Gasteiger charge is -2.11. The van der Waals surface area contributed by atoms with Crippen molar-refractivity contribution in [3.63, 3.8) is 0 Å². The van der Waals surface area contributed by atoms with Crippen molar-refractivity contribution >= 4 is 45.0 Å². The average Bonchev–Trinajstić information content (AvgIpc) is 3.11. The average molecular weight is 464 g/mol. The van der Waals surface area contributed by atoms with Crippen LogP contribution in [-0.2, 0) is 24.3 Å². The molecule has 2 amide bonds. The van der Waals surface area contributed by atoms with E-state index in [9.17, 15) is 22.8 Å². The third-order valence-electron chi connectivity index (χ3n) is 4.65. The number of nitrogens with zero attached hydrogens (tertiary/aromatic N) is 2. The smallest absolute Gasteiger partial charge is 0.326 e. The van der Waals surface area contributed by atoms with E-state index < -0.39 is 33.7 Å². The number of amides is 2. The standard InChI is InChI=1S/C20H21N3O6S2/c1-4-29-18(24)11-22-19(25)17(30-20(22)26)10-14-9-12(2)23(13(14)3)15-5-7-16(8-6-15)31(21,27)28/h5-10H,4,11H2,1-3H3,(H2,21,27,28)/b17-10-. The molecule has 31 heavy (non-hydrogen) atoms. The van der Waals surface area contributed by atoms with Crippen LogP contribution in [0.15, 0.2) is 40.1 Å². The van der Waals surface area contributed by atoms with Crippen molar-refractivity contribution in [2.75, 3.05) is 13.2 Å². The van der Waals surface area contributed by atoms with Gasteiger partial charge in [-0.25, -0.2) is 13.6 Å². The molecule has 1 aromatic carbocycles. The molecule has 1 fully saturated rings. The molecule has 11 heteroatoms. The molecule has 0 spiro atoms. The number of primary sulfonamides is 1. The first-order valence-electron chi connectivity index (χ1n) is 9.26. The van der Waals surface area contributed by atoms with Gasteiger partial charge in [0.05, 0.1) is 16.4 Å². The van der Waals surface area contributed by atoms with Crippen molar-refractivity contribution in [2.45, 2.75) is 25.7 Å². The van der Waals surface area contributed by atoms with Gasteiger partial charge in [0.15, 0.2) is 0 Å². The molecule has 0 saturated carbocycles. The number of aromatic nitrogens is 1. The number of imide groups is 1. The summed E-state index contributed by atoms with van der Waals surface area (Å²) in [7, 11) is -3.79. The van der Waals surface area contributed by atoms with E-state index in [-0.39, 0.29) is 16.4 Å². The topological polar surface area (TPSA) is 129 Å². The molecule has 2 N–H and O–H groups in total. The lowest BCUT2D eigenvalue weighted by atomic mass is 10.2. The molecular formula is C20H21N3O6S2. The molecule has 0 aliphatic carbocycles. The van der Waals surface area contributed by atoms with Gasteiger partial charge in [-0.1, -0.05) is 0 Å². The minimum Gasteiger partial charge on any atom is -0.465 e. The van der Waals surface area contributed by atoms with E-state index >= 15 is 0 Å². The fourth-order valence-corrected chi connectivity index (χ4v) is 4.57. The fourth-order valence-electron chi connectivity index (χ4n) is 3.23. The number of sulfonamides is 1. The van der Waals surface area contributed by atoms with Crippen LogP contribution in [0.2, 0.25) is 0 Å². The van der Waals surface area contributed by atoms with Gasteiger partial charge < -0.3 is 9.30 Å². The van der Waals surface area contributed by atoms with Crippen LogP contribution >= 0.6 is 11.8 Å². The van der Waals surface area contributed by atoms with Gasteiger partial charge in [-0.2, -0.15) is 0 Å². The van der Waals surface area contributed by atoms with Crippen molar-refractivity contribution in [3.8, 4) is 5.69 Å². The van der Waals surface area contributed by atoms with E-state index in [1.165, 1.54) is 12.1 Å². The van der Waals surface area contributed by atoms with Crippen LogP contribution in [0.25, 0.3) is 11.8 Å². The quantitative estimate of drug-likeness (QED) is 0.514. The zero-order valence-corrected chi connectivity index (χ0v) is 18.7. The first-order chi connectivity index (χ1) is 14.5. The summed E-state index contributed by atoms with van der Waals surface area (Å²) in [5, 5.41) is 4.62. The van der Waals surface area contributed by atoms with Crippen molar-refractivity contribution in [1.29, 1.82) is 0 Å². The Bertz CT molecular complexity index is 1200. The van der Waals surface area contributed by atoms with Crippen LogP contribution in [0, 0.1) is 13.8 Å². The largest absolute Gasteiger partial charge is 0.465 e. The minimum absolute atomic E-state index is 0.00853. The number of thioether (sulfide) groups is 1. The SMILES string of the molecule is CCOC(=O)CN1C(=O)S/C(=C\c2cc(C)n(-c3ccc(S(N)(=O)=O)cc3)c2C)C1=O. The molecule has 2 aromatic rings. The normalized spacial score (nSPS) is 15.7. The van der Waals surface area contributed by atoms with Crippen LogP contribution in [0.4, 0.5) is 4.79 Å². The van der Waals surface area contributed by atoms with Crippen LogP contribution in [0.1, 0.15) is 23.9 Å². The predicted octanol–water partition coefficient (Wildman–Crippen LogP) is 2.34. The third-order valence-corrected chi connectivity index (χ3v) is 6.48. The van der Waals surface area contributed by atoms with Crippen LogP contribution in [0.3, 0.4) is 0 Å². The van der Waals surface area contributed by atoms with Gasteiger partial charge in [0.25, 0.3) is 11.1 Å². The Hall–Kier alpha value is -2.89. The van der Waals surface area contributed by atoms with E-state index in [1.807, 2.05) is 24.5 Å². The minimum atomic E-state index is -3.79. The van der Waals surface area contributed by atoms with E-state index in [2.05, 4.69) is 0 Å². The summed E-state index contributed by atoms with van der Waals surface area (Å²) in [5.74, 6) is -1.20. The number of hydrogen-bond acceptors (Lipinski definition) is 7. The Morgan fingerprint density at radius 2 is 1.84 bits per heavy atom. The van der Waals surface area contributed by atoms with E-state index in [0.29, 0.717) is 0 Å². The summed E-state index contributed by atoms with van der Waals surface area (Å²) < 4.78 is 29.6. The second kappa shape index (κ2) is 8.69. The maximum atomic E-state index is 12.6. The van der Waals surface area contributed by atoms with Crippen LogP contribution in [-0.4, -0.2) is 48.2 Å². The molecule has 0 radical (unpaired) electrons. The van der Waals surface area contributed by atoms with Gasteiger partial charge in [0.1, 0.15) is 6.54 Å². The molecule has 0 bridgehead atoms. The maximum absolute atomic E-state index is 12.6. The van der Waals surface area contributed by atoms with Crippen LogP contribution < -0.4 is 5.14 Å². The molecule has 164 valence electrons. The summed E-state index contributed by atoms with van der Waals surface area (Å²) >= 11 is 0.762. The number of benzene rings is 1. The van der Waals surface area contributed by atoms with E-state index in [0.717, 1.165) is 39.3 Å². The van der Waals surface area contributed by atoms with Gasteiger partial charge in [0.2, 0.25) is 10.0 Å². The fraction of sp³-hybridized carbons (Fsp3) is 0.250. The monoisotopic (exact) mass is 463 g/mol. The molecule has 1 aromatic heterocycles. The van der Waals surface area contributed by atoms with Crippen molar-refractivity contribution < 1.29 is 27.5 Å². The number of hydrogen-bond donors (Lipinski definition) is 1. The first kappa shape index (κ1) is 22.8. The summed E-state index contributed by atoms with van der Waals surface area (Å²) in [5.41, 5.74) is 3.07. The molecule has 9 nitrogen and oxygen atoms in total. The number of ether oxygens (including phenoxy) is 1. The highest BCUT2D eigenvalue weighted by Gasteiger charge is 2.36. The number of carbonyl (C=O) groups excluding carboxylic acids is 3. The van der Waals surface area contributed by atoms with Gasteiger partial charge in [0, 0.05) is 17.1 Å². The second-order valence-corrected chi connectivity index (χ2v) is 9.33. The molecule has 1 aliphatic heterocycles. The van der Waals surface area contributed by atoms with Gasteiger partial charge >= 0.3 is 5.97 Å². The number of nitrogens with two attached hydrogens (primary N) is 1. The summed E-state index contributed by atoms with van der Waals surface area (Å²) in [4.78, 5) is 37.5. The zero-order valence-electron chi connectivity index (χ0n) is 17.1. The number of esters is 1. The molecule has 1 aliphatic rings. The lowest BCUT2D eigenvalue weighted by Crippen LogP contribution is -2.34. The van der Waals surface area contributed by atoms with Crippen molar-refractivity contribution in [3.05, 3.63) is 52.2 Å². The van der Waals surface area contributed by atoms with E-state index in [4.69, 9.17) is 9.88 Å². The number of aryl methyl sites for hydroxylation is 1. The predicted molar refractivity (Wildman–Crippen MR) is 116 cm³/mol. The molecule has 0 atom stereocenters. The lowest BCUT2D eigenvalue weighted by molar-refractivity contribution is -0.145. The molecule has 1 saturated heterocycles. The molecule has 0 unspecified atom stereocenters. The Labute approximate surface area is 183 Å². The number of rotatable bonds is 6. The molecule has 2 heterocycles. The second-order valence-electron chi connectivity index (χ2n) is 6.77. The highest BCUT2D eigenvalue weighted by atomic mass is 32.2. The van der Waals surface area contributed by atoms with Crippen molar-refractivity contribution in [1.82, 2.24) is 9.47 Å². The summed E-state index contributed by atoms with van der Waals surface area (Å²) in [6.07, 6.45) is 1.60. The maximum Gasteiger partial charge on any atom is 0.326 e. The Balaban J connectivity index is 1.90. The van der Waals surface area contributed by atoms with Gasteiger partial charge in [-0.3, -0.25) is 19.3 Å².